The Morgan fingerprint density at radius 3 is 2.95 bits per heavy atom. The molecule has 0 bridgehead atoms. The van der Waals surface area contributed by atoms with Gasteiger partial charge in [-0.1, -0.05) is 23.7 Å². The van der Waals surface area contributed by atoms with Crippen LogP contribution in [0.5, 0.6) is 11.6 Å². The van der Waals surface area contributed by atoms with Crippen LogP contribution in [0.2, 0.25) is 5.02 Å². The molecule has 20 heavy (non-hydrogen) atoms. The number of halogens is 1. The number of aromatic nitrogens is 2. The van der Waals surface area contributed by atoms with Crippen LogP contribution in [0.15, 0.2) is 42.6 Å². The molecule has 0 saturated carbocycles. The van der Waals surface area contributed by atoms with Crippen LogP contribution in [0.25, 0.3) is 5.65 Å². The summed E-state index contributed by atoms with van der Waals surface area (Å²) in [4.78, 5) is 4.39. The minimum atomic E-state index is -0.153. The number of aliphatic hydroxyl groups excluding tert-OH is 1. The van der Waals surface area contributed by atoms with Crippen molar-refractivity contribution in [3.8, 4) is 11.6 Å². The molecule has 0 aliphatic carbocycles. The molecule has 0 atom stereocenters. The van der Waals surface area contributed by atoms with E-state index >= 15 is 0 Å². The van der Waals surface area contributed by atoms with Crippen molar-refractivity contribution in [1.29, 1.82) is 0 Å². The van der Waals surface area contributed by atoms with Crippen LogP contribution < -0.4 is 4.74 Å². The van der Waals surface area contributed by atoms with E-state index in [2.05, 4.69) is 4.98 Å². The van der Waals surface area contributed by atoms with Gasteiger partial charge < -0.3 is 9.84 Å². The number of nitrogens with zero attached hydrogens (tertiary/aromatic N) is 2. The maximum atomic E-state index is 9.54. The van der Waals surface area contributed by atoms with Gasteiger partial charge in [-0.15, -0.1) is 0 Å². The van der Waals surface area contributed by atoms with Crippen molar-refractivity contribution in [2.75, 3.05) is 0 Å². The highest BCUT2D eigenvalue weighted by molar-refractivity contribution is 6.30. The molecule has 0 saturated heterocycles. The molecular formula is C15H13ClN2O2. The molecule has 0 spiro atoms. The molecule has 102 valence electrons. The van der Waals surface area contributed by atoms with Gasteiger partial charge in [-0.3, -0.25) is 4.40 Å². The van der Waals surface area contributed by atoms with Gasteiger partial charge in [0.05, 0.1) is 6.61 Å². The molecular weight excluding hydrogens is 276 g/mol. The number of fused-ring (bicyclic) bond motifs is 1. The zero-order valence-corrected chi connectivity index (χ0v) is 11.6. The van der Waals surface area contributed by atoms with Gasteiger partial charge in [0.25, 0.3) is 0 Å². The number of rotatable bonds is 3. The van der Waals surface area contributed by atoms with Gasteiger partial charge in [0, 0.05) is 11.2 Å². The molecule has 0 fully saturated rings. The van der Waals surface area contributed by atoms with E-state index in [9.17, 15) is 5.11 Å². The zero-order valence-electron chi connectivity index (χ0n) is 10.9. The molecule has 0 radical (unpaired) electrons. The number of pyridine rings is 1. The molecule has 0 aliphatic rings. The summed E-state index contributed by atoms with van der Waals surface area (Å²) in [5, 5.41) is 10.1. The largest absolute Gasteiger partial charge is 0.437 e. The third-order valence-electron chi connectivity index (χ3n) is 3.10. The minimum Gasteiger partial charge on any atom is -0.437 e. The third-order valence-corrected chi connectivity index (χ3v) is 3.33. The van der Waals surface area contributed by atoms with Crippen LogP contribution in [0, 0.1) is 6.92 Å². The van der Waals surface area contributed by atoms with E-state index in [0.29, 0.717) is 22.3 Å². The van der Waals surface area contributed by atoms with Crippen LogP contribution in [0.4, 0.5) is 0 Å². The maximum Gasteiger partial charge on any atom is 0.243 e. The van der Waals surface area contributed by atoms with E-state index in [-0.39, 0.29) is 6.61 Å². The monoisotopic (exact) mass is 288 g/mol. The Kier molecular flexibility index (Phi) is 3.34. The molecule has 4 nitrogen and oxygen atoms in total. The van der Waals surface area contributed by atoms with Crippen LogP contribution in [-0.2, 0) is 6.61 Å². The average Bonchev–Trinajstić information content (AvgIpc) is 2.80. The number of hydrogen-bond donors (Lipinski definition) is 1. The predicted octanol–water partition coefficient (Wildman–Crippen LogP) is 3.58. The fraction of sp³-hybridized carbons (Fsp3) is 0.133. The first kappa shape index (κ1) is 13.0. The molecule has 1 aromatic carbocycles. The molecule has 0 aliphatic heterocycles. The van der Waals surface area contributed by atoms with E-state index in [1.54, 1.807) is 16.5 Å². The van der Waals surface area contributed by atoms with Gasteiger partial charge in [0.15, 0.2) is 0 Å². The van der Waals surface area contributed by atoms with Crippen molar-refractivity contribution < 1.29 is 9.84 Å². The van der Waals surface area contributed by atoms with E-state index in [4.69, 9.17) is 16.3 Å². The van der Waals surface area contributed by atoms with Crippen LogP contribution in [0.1, 0.15) is 11.3 Å². The SMILES string of the molecule is Cc1ccc(Cl)cc1Oc1nc2ccccn2c1CO. The highest BCUT2D eigenvalue weighted by Gasteiger charge is 2.14. The topological polar surface area (TPSA) is 46.8 Å². The number of imidazole rings is 1. The summed E-state index contributed by atoms with van der Waals surface area (Å²) in [7, 11) is 0. The normalized spacial score (nSPS) is 10.9. The first-order valence-corrected chi connectivity index (χ1v) is 6.57. The van der Waals surface area contributed by atoms with E-state index in [0.717, 1.165) is 11.2 Å². The first-order valence-electron chi connectivity index (χ1n) is 6.20. The highest BCUT2D eigenvalue weighted by atomic mass is 35.5. The average molecular weight is 289 g/mol. The van der Waals surface area contributed by atoms with Crippen LogP contribution in [-0.4, -0.2) is 14.5 Å². The summed E-state index contributed by atoms with van der Waals surface area (Å²) in [6.45, 7) is 1.78. The summed E-state index contributed by atoms with van der Waals surface area (Å²) < 4.78 is 7.62. The maximum absolute atomic E-state index is 9.54. The number of ether oxygens (including phenoxy) is 1. The molecule has 2 heterocycles. The molecule has 0 amide bonds. The lowest BCUT2D eigenvalue weighted by atomic mass is 10.2. The van der Waals surface area contributed by atoms with Gasteiger partial charge in [0.1, 0.15) is 17.1 Å². The van der Waals surface area contributed by atoms with Crippen LogP contribution in [0.3, 0.4) is 0 Å². The van der Waals surface area contributed by atoms with Gasteiger partial charge in [-0.2, -0.15) is 4.98 Å². The smallest absolute Gasteiger partial charge is 0.243 e. The van der Waals surface area contributed by atoms with Gasteiger partial charge in [-0.05, 0) is 36.8 Å². The lowest BCUT2D eigenvalue weighted by Crippen LogP contribution is -1.95. The predicted molar refractivity (Wildman–Crippen MR) is 77.4 cm³/mol. The van der Waals surface area contributed by atoms with Gasteiger partial charge >= 0.3 is 0 Å². The van der Waals surface area contributed by atoms with E-state index < -0.39 is 0 Å². The van der Waals surface area contributed by atoms with Crippen molar-refractivity contribution in [3.05, 3.63) is 58.9 Å². The van der Waals surface area contributed by atoms with Crippen molar-refractivity contribution >= 4 is 17.2 Å². The summed E-state index contributed by atoms with van der Waals surface area (Å²) in [6, 6.07) is 11.0. The molecule has 2 aromatic heterocycles. The molecule has 1 N–H and O–H groups in total. The quantitative estimate of drug-likeness (QED) is 0.801. The fourth-order valence-electron chi connectivity index (χ4n) is 2.04. The van der Waals surface area contributed by atoms with E-state index in [1.165, 1.54) is 0 Å². The second kappa shape index (κ2) is 5.15. The standard InChI is InChI=1S/C15H13ClN2O2/c1-10-5-6-11(16)8-13(10)20-15-12(9-19)18-7-3-2-4-14(18)17-15/h2-8,19H,9H2,1H3. The lowest BCUT2D eigenvalue weighted by molar-refractivity contribution is 0.269. The Morgan fingerprint density at radius 2 is 2.15 bits per heavy atom. The Hall–Kier alpha value is -2.04. The molecule has 3 rings (SSSR count). The zero-order chi connectivity index (χ0) is 14.1. The number of aryl methyl sites for hydroxylation is 1. The second-order valence-corrected chi connectivity index (χ2v) is 4.90. The van der Waals surface area contributed by atoms with Crippen molar-refractivity contribution in [2.24, 2.45) is 0 Å². The second-order valence-electron chi connectivity index (χ2n) is 4.46. The number of benzene rings is 1. The summed E-state index contributed by atoms with van der Waals surface area (Å²) >= 11 is 5.98. The molecule has 0 unspecified atom stereocenters. The number of aliphatic hydroxyl groups is 1. The fourth-order valence-corrected chi connectivity index (χ4v) is 2.20. The van der Waals surface area contributed by atoms with Crippen molar-refractivity contribution in [3.63, 3.8) is 0 Å². The summed E-state index contributed by atoms with van der Waals surface area (Å²) in [6.07, 6.45) is 1.84. The summed E-state index contributed by atoms with van der Waals surface area (Å²) in [5.74, 6) is 1.03. The lowest BCUT2D eigenvalue weighted by Gasteiger charge is -2.08. The van der Waals surface area contributed by atoms with E-state index in [1.807, 2.05) is 37.4 Å². The third kappa shape index (κ3) is 2.24. The van der Waals surface area contributed by atoms with Gasteiger partial charge in [-0.25, -0.2) is 0 Å². The van der Waals surface area contributed by atoms with Crippen molar-refractivity contribution in [1.82, 2.24) is 9.38 Å². The highest BCUT2D eigenvalue weighted by Crippen LogP contribution is 2.30. The Balaban J connectivity index is 2.08. The summed E-state index contributed by atoms with van der Waals surface area (Å²) in [5.41, 5.74) is 2.29. The Bertz CT molecular complexity index is 768. The van der Waals surface area contributed by atoms with Crippen LogP contribution >= 0.6 is 11.6 Å². The molecule has 3 aromatic rings. The number of hydrogen-bond acceptors (Lipinski definition) is 3. The Labute approximate surface area is 121 Å². The van der Waals surface area contributed by atoms with Crippen molar-refractivity contribution in [2.45, 2.75) is 13.5 Å². The minimum absolute atomic E-state index is 0.153. The Morgan fingerprint density at radius 1 is 1.30 bits per heavy atom. The first-order chi connectivity index (χ1) is 9.69. The molecule has 5 heteroatoms. The van der Waals surface area contributed by atoms with Gasteiger partial charge in [0.2, 0.25) is 5.88 Å².